The summed E-state index contributed by atoms with van der Waals surface area (Å²) in [5.41, 5.74) is 0.819. The number of carbonyl (C=O) groups is 2. The number of benzene rings is 1. The first-order valence-corrected chi connectivity index (χ1v) is 9.45. The molecule has 140 valence electrons. The lowest BCUT2D eigenvalue weighted by molar-refractivity contribution is -0.122. The summed E-state index contributed by atoms with van der Waals surface area (Å²) in [6.07, 6.45) is 3.18. The van der Waals surface area contributed by atoms with Crippen LogP contribution in [0.1, 0.15) is 21.9 Å². The number of aromatic carboxylic acids is 1. The second-order valence-corrected chi connectivity index (χ2v) is 7.61. The van der Waals surface area contributed by atoms with Crippen molar-refractivity contribution in [2.24, 2.45) is 0 Å². The molecule has 0 unspecified atom stereocenters. The third-order valence-corrected chi connectivity index (χ3v) is 5.44. The normalized spacial score (nSPS) is 15.6. The lowest BCUT2D eigenvalue weighted by Gasteiger charge is -2.11. The zero-order valence-electron chi connectivity index (χ0n) is 14.3. The Morgan fingerprint density at radius 3 is 2.82 bits per heavy atom. The van der Waals surface area contributed by atoms with Crippen LogP contribution in [0.4, 0.5) is 0 Å². The molecule has 0 saturated carbocycles. The van der Waals surface area contributed by atoms with Gasteiger partial charge in [0.15, 0.2) is 0 Å². The van der Waals surface area contributed by atoms with Crippen LogP contribution in [0.25, 0.3) is 17.4 Å². The Bertz CT molecular complexity index is 1100. The van der Waals surface area contributed by atoms with Gasteiger partial charge in [-0.2, -0.15) is 0 Å². The van der Waals surface area contributed by atoms with Gasteiger partial charge in [-0.25, -0.2) is 4.79 Å². The Hall–Kier alpha value is -3.10. The van der Waals surface area contributed by atoms with Crippen molar-refractivity contribution in [1.82, 2.24) is 4.90 Å². The lowest BCUT2D eigenvalue weighted by atomic mass is 10.1. The maximum absolute atomic E-state index is 12.6. The molecule has 3 aromatic rings. The fraction of sp³-hybridized carbons (Fsp3) is 0.0500. The van der Waals surface area contributed by atoms with Gasteiger partial charge in [-0.3, -0.25) is 9.69 Å². The zero-order valence-corrected chi connectivity index (χ0v) is 16.0. The highest BCUT2D eigenvalue weighted by molar-refractivity contribution is 8.26. The van der Waals surface area contributed by atoms with E-state index >= 15 is 0 Å². The molecule has 2 aromatic heterocycles. The molecule has 1 amide bonds. The predicted octanol–water partition coefficient (Wildman–Crippen LogP) is 4.64. The van der Waals surface area contributed by atoms with Crippen LogP contribution < -0.4 is 0 Å². The first-order valence-electron chi connectivity index (χ1n) is 8.22. The molecule has 1 saturated heterocycles. The fourth-order valence-electron chi connectivity index (χ4n) is 2.71. The number of rotatable bonds is 5. The van der Waals surface area contributed by atoms with Crippen LogP contribution >= 0.6 is 24.0 Å². The molecule has 3 heterocycles. The second-order valence-electron chi connectivity index (χ2n) is 5.94. The van der Waals surface area contributed by atoms with Gasteiger partial charge in [-0.15, -0.1) is 0 Å². The summed E-state index contributed by atoms with van der Waals surface area (Å²) in [6.45, 7) is 0.278. The van der Waals surface area contributed by atoms with E-state index < -0.39 is 5.97 Å². The van der Waals surface area contributed by atoms with Crippen LogP contribution in [0.3, 0.4) is 0 Å². The van der Waals surface area contributed by atoms with Gasteiger partial charge in [0.2, 0.25) is 0 Å². The van der Waals surface area contributed by atoms with Crippen molar-refractivity contribution in [1.29, 1.82) is 0 Å². The van der Waals surface area contributed by atoms with E-state index in [1.54, 1.807) is 48.7 Å². The number of thiocarbonyl (C=S) groups is 1. The van der Waals surface area contributed by atoms with Crippen molar-refractivity contribution >= 4 is 46.3 Å². The summed E-state index contributed by atoms with van der Waals surface area (Å²) in [6, 6.07) is 13.5. The lowest BCUT2D eigenvalue weighted by Crippen LogP contribution is -2.27. The number of carbonyl (C=O) groups excluding carboxylic acids is 1. The fourth-order valence-corrected chi connectivity index (χ4v) is 3.95. The Labute approximate surface area is 169 Å². The number of carboxylic acid groups (broad SMARTS) is 1. The third kappa shape index (κ3) is 3.64. The summed E-state index contributed by atoms with van der Waals surface area (Å²) in [7, 11) is 0. The number of nitrogens with zero attached hydrogens (tertiary/aromatic N) is 1. The quantitative estimate of drug-likeness (QED) is 0.484. The summed E-state index contributed by atoms with van der Waals surface area (Å²) < 4.78 is 11.5. The summed E-state index contributed by atoms with van der Waals surface area (Å²) in [5, 5.41) is 9.12. The van der Waals surface area contributed by atoms with Crippen molar-refractivity contribution in [2.75, 3.05) is 0 Å². The van der Waals surface area contributed by atoms with E-state index in [1.807, 2.05) is 0 Å². The highest BCUT2D eigenvalue weighted by Crippen LogP contribution is 2.34. The van der Waals surface area contributed by atoms with Gasteiger partial charge in [-0.05, 0) is 36.4 Å². The molecule has 1 N–H and O–H groups in total. The number of carboxylic acids is 1. The van der Waals surface area contributed by atoms with Crippen molar-refractivity contribution in [3.05, 3.63) is 76.8 Å². The molecule has 4 rings (SSSR count). The minimum Gasteiger partial charge on any atom is -0.478 e. The number of amides is 1. The SMILES string of the molecule is O=C(O)c1cccc(-c2ccc(C=C3SC(=S)N(Cc4ccco4)C3=O)o2)c1. The highest BCUT2D eigenvalue weighted by atomic mass is 32.2. The van der Waals surface area contributed by atoms with E-state index in [0.29, 0.717) is 32.1 Å². The Balaban J connectivity index is 1.55. The van der Waals surface area contributed by atoms with Gasteiger partial charge >= 0.3 is 5.97 Å². The zero-order chi connectivity index (χ0) is 19.7. The third-order valence-electron chi connectivity index (χ3n) is 4.06. The molecule has 0 bridgehead atoms. The molecule has 0 atom stereocenters. The molecule has 28 heavy (non-hydrogen) atoms. The Kier molecular flexibility index (Phi) is 4.89. The monoisotopic (exact) mass is 411 g/mol. The summed E-state index contributed by atoms with van der Waals surface area (Å²) in [5.74, 6) is 0.428. The molecule has 1 aliphatic rings. The summed E-state index contributed by atoms with van der Waals surface area (Å²) in [4.78, 5) is 25.7. The van der Waals surface area contributed by atoms with Crippen molar-refractivity contribution in [2.45, 2.75) is 6.54 Å². The van der Waals surface area contributed by atoms with Crippen LogP contribution in [0.15, 0.2) is 68.5 Å². The molecule has 0 spiro atoms. The van der Waals surface area contributed by atoms with Gasteiger partial charge < -0.3 is 13.9 Å². The van der Waals surface area contributed by atoms with E-state index in [1.165, 1.54) is 28.8 Å². The summed E-state index contributed by atoms with van der Waals surface area (Å²) >= 11 is 6.50. The van der Waals surface area contributed by atoms with E-state index in [-0.39, 0.29) is 18.0 Å². The van der Waals surface area contributed by atoms with Crippen molar-refractivity contribution < 1.29 is 23.5 Å². The average Bonchev–Trinajstić information content (AvgIpc) is 3.41. The number of furan rings is 2. The van der Waals surface area contributed by atoms with Crippen LogP contribution in [-0.4, -0.2) is 26.2 Å². The predicted molar refractivity (Wildman–Crippen MR) is 109 cm³/mol. The molecule has 0 aliphatic carbocycles. The van der Waals surface area contributed by atoms with Gasteiger partial charge in [-0.1, -0.05) is 36.1 Å². The van der Waals surface area contributed by atoms with Crippen LogP contribution in [0, 0.1) is 0 Å². The van der Waals surface area contributed by atoms with Crippen molar-refractivity contribution in [3.8, 4) is 11.3 Å². The number of hydrogen-bond acceptors (Lipinski definition) is 6. The van der Waals surface area contributed by atoms with E-state index in [9.17, 15) is 9.59 Å². The van der Waals surface area contributed by atoms with Gasteiger partial charge in [0.05, 0.1) is 23.3 Å². The molecular weight excluding hydrogens is 398 g/mol. The number of hydrogen-bond donors (Lipinski definition) is 1. The average molecular weight is 411 g/mol. The largest absolute Gasteiger partial charge is 0.478 e. The minimum atomic E-state index is -1.01. The van der Waals surface area contributed by atoms with Crippen LogP contribution in [-0.2, 0) is 11.3 Å². The first-order chi connectivity index (χ1) is 13.5. The maximum Gasteiger partial charge on any atom is 0.335 e. The Morgan fingerprint density at radius 2 is 2.07 bits per heavy atom. The Morgan fingerprint density at radius 1 is 1.21 bits per heavy atom. The second kappa shape index (κ2) is 7.49. The molecule has 1 fully saturated rings. The molecule has 8 heteroatoms. The van der Waals surface area contributed by atoms with Gasteiger partial charge in [0.25, 0.3) is 5.91 Å². The molecule has 0 radical (unpaired) electrons. The van der Waals surface area contributed by atoms with Crippen LogP contribution in [0.2, 0.25) is 0 Å². The van der Waals surface area contributed by atoms with E-state index in [0.717, 1.165) is 0 Å². The smallest absolute Gasteiger partial charge is 0.335 e. The van der Waals surface area contributed by atoms with Gasteiger partial charge in [0.1, 0.15) is 21.6 Å². The molecule has 6 nitrogen and oxygen atoms in total. The molecule has 1 aliphatic heterocycles. The maximum atomic E-state index is 12.6. The molecular formula is C20H13NO5S2. The van der Waals surface area contributed by atoms with Gasteiger partial charge in [0, 0.05) is 11.6 Å². The first kappa shape index (κ1) is 18.3. The van der Waals surface area contributed by atoms with E-state index in [4.69, 9.17) is 26.2 Å². The van der Waals surface area contributed by atoms with Crippen LogP contribution in [0.5, 0.6) is 0 Å². The topological polar surface area (TPSA) is 83.9 Å². The molecule has 1 aromatic carbocycles. The van der Waals surface area contributed by atoms with E-state index in [2.05, 4.69) is 0 Å². The highest BCUT2D eigenvalue weighted by Gasteiger charge is 2.32. The van der Waals surface area contributed by atoms with Crippen molar-refractivity contribution in [3.63, 3.8) is 0 Å². The minimum absolute atomic E-state index is 0.175. The number of thioether (sulfide) groups is 1. The standard InChI is InChI=1S/C20H13NO5S2/c22-18-17(28-20(27)21(18)11-15-5-2-8-25-15)10-14-6-7-16(26-14)12-3-1-4-13(9-12)19(23)24/h1-10H,11H2,(H,23,24).